The molecular formula is C14H20N2. The van der Waals surface area contributed by atoms with Gasteiger partial charge in [0.15, 0.2) is 0 Å². The Morgan fingerprint density at radius 2 is 1.75 bits per heavy atom. The SMILES string of the molecule is C=CCNC1(C#N)C2CC3CC(C2)CC1C3. The van der Waals surface area contributed by atoms with E-state index < -0.39 is 0 Å². The van der Waals surface area contributed by atoms with E-state index in [0.717, 1.165) is 18.4 Å². The number of nitriles is 1. The molecule has 0 aromatic carbocycles. The first-order valence-electron chi connectivity index (χ1n) is 6.55. The summed E-state index contributed by atoms with van der Waals surface area (Å²) in [7, 11) is 0. The van der Waals surface area contributed by atoms with E-state index in [0.29, 0.717) is 11.8 Å². The lowest BCUT2D eigenvalue weighted by Gasteiger charge is -2.58. The minimum absolute atomic E-state index is 0.221. The molecule has 0 spiro atoms. The van der Waals surface area contributed by atoms with Crippen LogP contribution in [0.25, 0.3) is 0 Å². The zero-order chi connectivity index (χ0) is 11.2. The first kappa shape index (κ1) is 10.4. The molecule has 0 radical (unpaired) electrons. The molecule has 1 N–H and O–H groups in total. The van der Waals surface area contributed by atoms with Gasteiger partial charge in [-0.1, -0.05) is 6.08 Å². The molecule has 0 saturated heterocycles. The highest BCUT2D eigenvalue weighted by molar-refractivity contribution is 5.21. The molecule has 4 fully saturated rings. The van der Waals surface area contributed by atoms with Crippen LogP contribution in [0.3, 0.4) is 0 Å². The number of nitrogens with zero attached hydrogens (tertiary/aromatic N) is 1. The Morgan fingerprint density at radius 1 is 1.19 bits per heavy atom. The van der Waals surface area contributed by atoms with E-state index in [9.17, 15) is 5.26 Å². The standard InChI is InChI=1S/C14H20N2/c1-2-3-16-14(9-15)12-5-10-4-11(7-12)8-13(14)6-10/h2,10-13,16H,1,3-8H2. The summed E-state index contributed by atoms with van der Waals surface area (Å²) < 4.78 is 0. The van der Waals surface area contributed by atoms with E-state index in [-0.39, 0.29) is 5.54 Å². The van der Waals surface area contributed by atoms with Gasteiger partial charge in [-0.3, -0.25) is 5.32 Å². The maximum absolute atomic E-state index is 9.63. The Labute approximate surface area is 97.7 Å². The molecule has 4 rings (SSSR count). The first-order chi connectivity index (χ1) is 7.78. The average molecular weight is 216 g/mol. The summed E-state index contributed by atoms with van der Waals surface area (Å²) in [6, 6.07) is 2.64. The molecule has 16 heavy (non-hydrogen) atoms. The van der Waals surface area contributed by atoms with E-state index in [1.807, 2.05) is 6.08 Å². The van der Waals surface area contributed by atoms with Gasteiger partial charge in [0, 0.05) is 6.54 Å². The second kappa shape index (κ2) is 3.60. The third kappa shape index (κ3) is 1.28. The molecule has 0 aromatic rings. The minimum Gasteiger partial charge on any atom is -0.295 e. The van der Waals surface area contributed by atoms with Crippen LogP contribution in [0, 0.1) is 35.0 Å². The van der Waals surface area contributed by atoms with Crippen LogP contribution in [0.4, 0.5) is 0 Å². The maximum Gasteiger partial charge on any atom is 0.112 e. The number of rotatable bonds is 3. The van der Waals surface area contributed by atoms with Gasteiger partial charge in [0.2, 0.25) is 0 Å². The van der Waals surface area contributed by atoms with E-state index in [1.54, 1.807) is 0 Å². The molecule has 0 heterocycles. The molecule has 4 aliphatic carbocycles. The predicted molar refractivity (Wildman–Crippen MR) is 63.6 cm³/mol. The Hall–Kier alpha value is -0.810. The summed E-state index contributed by atoms with van der Waals surface area (Å²) in [5.41, 5.74) is -0.221. The molecule has 0 aliphatic heterocycles. The van der Waals surface area contributed by atoms with Gasteiger partial charge < -0.3 is 0 Å². The van der Waals surface area contributed by atoms with Crippen LogP contribution in [0.1, 0.15) is 32.1 Å². The number of hydrogen-bond donors (Lipinski definition) is 1. The summed E-state index contributed by atoms with van der Waals surface area (Å²) in [6.45, 7) is 4.53. The van der Waals surface area contributed by atoms with Crippen molar-refractivity contribution in [2.45, 2.75) is 37.6 Å². The van der Waals surface area contributed by atoms with Gasteiger partial charge in [0.1, 0.15) is 5.54 Å². The highest BCUT2D eigenvalue weighted by Gasteiger charge is 2.57. The van der Waals surface area contributed by atoms with Gasteiger partial charge in [-0.15, -0.1) is 6.58 Å². The fourth-order valence-corrected chi connectivity index (χ4v) is 4.68. The molecule has 4 saturated carbocycles. The van der Waals surface area contributed by atoms with Gasteiger partial charge in [0.25, 0.3) is 0 Å². The normalized spacial score (nSPS) is 48.9. The van der Waals surface area contributed by atoms with Gasteiger partial charge in [-0.25, -0.2) is 0 Å². The number of hydrogen-bond acceptors (Lipinski definition) is 2. The van der Waals surface area contributed by atoms with Gasteiger partial charge >= 0.3 is 0 Å². The fraction of sp³-hybridized carbons (Fsp3) is 0.786. The molecule has 0 atom stereocenters. The first-order valence-corrected chi connectivity index (χ1v) is 6.55. The van der Waals surface area contributed by atoms with Crippen molar-refractivity contribution in [2.24, 2.45) is 23.7 Å². The fourth-order valence-electron chi connectivity index (χ4n) is 4.68. The van der Waals surface area contributed by atoms with Crippen molar-refractivity contribution in [1.29, 1.82) is 5.26 Å². The Bertz CT molecular complexity index is 311. The van der Waals surface area contributed by atoms with E-state index in [2.05, 4.69) is 18.0 Å². The van der Waals surface area contributed by atoms with Crippen LogP contribution >= 0.6 is 0 Å². The Kier molecular flexibility index (Phi) is 2.33. The Balaban J connectivity index is 1.88. The zero-order valence-corrected chi connectivity index (χ0v) is 9.78. The zero-order valence-electron chi connectivity index (χ0n) is 9.78. The van der Waals surface area contributed by atoms with Crippen LogP contribution in [0.5, 0.6) is 0 Å². The molecule has 0 aromatic heterocycles. The average Bonchev–Trinajstić information content (AvgIpc) is 2.28. The minimum atomic E-state index is -0.221. The third-order valence-electron chi connectivity index (χ3n) is 5.15. The van der Waals surface area contributed by atoms with Gasteiger partial charge in [0.05, 0.1) is 6.07 Å². The summed E-state index contributed by atoms with van der Waals surface area (Å²) in [5, 5.41) is 13.1. The summed E-state index contributed by atoms with van der Waals surface area (Å²) in [4.78, 5) is 0. The van der Waals surface area contributed by atoms with Crippen molar-refractivity contribution >= 4 is 0 Å². The monoisotopic (exact) mass is 216 g/mol. The van der Waals surface area contributed by atoms with Crippen LogP contribution in [-0.4, -0.2) is 12.1 Å². The second-order valence-corrected chi connectivity index (χ2v) is 5.95. The molecule has 0 amide bonds. The number of nitrogens with one attached hydrogen (secondary N) is 1. The van der Waals surface area contributed by atoms with Crippen LogP contribution in [-0.2, 0) is 0 Å². The quantitative estimate of drug-likeness (QED) is 0.736. The Morgan fingerprint density at radius 3 is 2.19 bits per heavy atom. The smallest absolute Gasteiger partial charge is 0.112 e. The molecule has 2 nitrogen and oxygen atoms in total. The van der Waals surface area contributed by atoms with Gasteiger partial charge in [-0.2, -0.15) is 5.26 Å². The third-order valence-corrected chi connectivity index (χ3v) is 5.15. The summed E-state index contributed by atoms with van der Waals surface area (Å²) >= 11 is 0. The van der Waals surface area contributed by atoms with Crippen LogP contribution in [0.2, 0.25) is 0 Å². The molecule has 4 aliphatic rings. The van der Waals surface area contributed by atoms with Crippen molar-refractivity contribution in [3.8, 4) is 6.07 Å². The summed E-state index contributed by atoms with van der Waals surface area (Å²) in [6.07, 6.45) is 8.45. The van der Waals surface area contributed by atoms with Crippen molar-refractivity contribution in [3.63, 3.8) is 0 Å². The van der Waals surface area contributed by atoms with Crippen molar-refractivity contribution in [1.82, 2.24) is 5.32 Å². The lowest BCUT2D eigenvalue weighted by atomic mass is 9.49. The van der Waals surface area contributed by atoms with E-state index in [1.165, 1.54) is 32.1 Å². The molecule has 2 heteroatoms. The largest absolute Gasteiger partial charge is 0.295 e. The summed E-state index contributed by atoms with van der Waals surface area (Å²) in [5.74, 6) is 3.06. The maximum atomic E-state index is 9.63. The van der Waals surface area contributed by atoms with Crippen LogP contribution < -0.4 is 5.32 Å². The molecule has 86 valence electrons. The molecule has 4 bridgehead atoms. The van der Waals surface area contributed by atoms with Crippen LogP contribution in [0.15, 0.2) is 12.7 Å². The molecule has 0 unspecified atom stereocenters. The highest BCUT2D eigenvalue weighted by atomic mass is 15.0. The van der Waals surface area contributed by atoms with Gasteiger partial charge in [-0.05, 0) is 55.8 Å². The van der Waals surface area contributed by atoms with Crippen molar-refractivity contribution in [3.05, 3.63) is 12.7 Å². The molecular weight excluding hydrogens is 196 g/mol. The van der Waals surface area contributed by atoms with Crippen molar-refractivity contribution in [2.75, 3.05) is 6.54 Å². The van der Waals surface area contributed by atoms with E-state index >= 15 is 0 Å². The van der Waals surface area contributed by atoms with E-state index in [4.69, 9.17) is 0 Å². The lowest BCUT2D eigenvalue weighted by molar-refractivity contribution is -0.0451. The predicted octanol–water partition coefficient (Wildman–Crippen LogP) is 2.48. The second-order valence-electron chi connectivity index (χ2n) is 5.95. The topological polar surface area (TPSA) is 35.8 Å². The lowest BCUT2D eigenvalue weighted by Crippen LogP contribution is -2.64. The van der Waals surface area contributed by atoms with Crippen molar-refractivity contribution < 1.29 is 0 Å². The highest BCUT2D eigenvalue weighted by Crippen LogP contribution is 2.57.